The van der Waals surface area contributed by atoms with Crippen LogP contribution < -0.4 is 15.8 Å². The second kappa shape index (κ2) is 9.09. The zero-order chi connectivity index (χ0) is 15.2. The van der Waals surface area contributed by atoms with E-state index in [1.165, 1.54) is 11.3 Å². The highest BCUT2D eigenvalue weighted by atomic mass is 79.9. The summed E-state index contributed by atoms with van der Waals surface area (Å²) in [4.78, 5) is 16.1. The molecule has 0 bridgehead atoms. The number of aromatic nitrogens is 1. The third kappa shape index (κ3) is 5.57. The quantitative estimate of drug-likeness (QED) is 0.773. The number of amides is 1. The van der Waals surface area contributed by atoms with Crippen molar-refractivity contribution in [3.8, 4) is 5.75 Å². The van der Waals surface area contributed by atoms with Crippen LogP contribution in [0, 0.1) is 0 Å². The largest absolute Gasteiger partial charge is 0.489 e. The Morgan fingerprint density at radius 2 is 2.32 bits per heavy atom. The van der Waals surface area contributed by atoms with Crippen LogP contribution in [0.1, 0.15) is 22.4 Å². The number of benzene rings is 1. The lowest BCUT2D eigenvalue weighted by Gasteiger charge is -2.15. The summed E-state index contributed by atoms with van der Waals surface area (Å²) in [7, 11) is 0. The summed E-state index contributed by atoms with van der Waals surface area (Å²) >= 11 is 4.77. The molecular weight excluding hydrogens is 390 g/mol. The van der Waals surface area contributed by atoms with Gasteiger partial charge in [-0.05, 0) is 25.1 Å². The monoisotopic (exact) mass is 405 g/mol. The van der Waals surface area contributed by atoms with Crippen molar-refractivity contribution >= 4 is 45.6 Å². The lowest BCUT2D eigenvalue weighted by molar-refractivity contribution is 0.0927. The predicted molar refractivity (Wildman–Crippen MR) is 93.8 cm³/mol. The van der Waals surface area contributed by atoms with Crippen LogP contribution in [0.5, 0.6) is 5.75 Å². The van der Waals surface area contributed by atoms with E-state index >= 15 is 0 Å². The molecule has 120 valence electrons. The molecule has 1 aromatic heterocycles. The third-order valence-corrected chi connectivity index (χ3v) is 4.01. The molecule has 22 heavy (non-hydrogen) atoms. The van der Waals surface area contributed by atoms with Gasteiger partial charge in [-0.3, -0.25) is 4.79 Å². The Hall–Kier alpha value is -1.15. The molecule has 1 aromatic carbocycles. The molecule has 5 nitrogen and oxygen atoms in total. The summed E-state index contributed by atoms with van der Waals surface area (Å²) in [5, 5.41) is 5.25. The molecule has 0 fully saturated rings. The fraction of sp³-hybridized carbons (Fsp3) is 0.286. The Balaban J connectivity index is 0.00000242. The first kappa shape index (κ1) is 18.9. The van der Waals surface area contributed by atoms with Gasteiger partial charge in [-0.1, -0.05) is 22.0 Å². The number of nitrogens with one attached hydrogen (secondary N) is 1. The van der Waals surface area contributed by atoms with Crippen molar-refractivity contribution < 1.29 is 9.53 Å². The van der Waals surface area contributed by atoms with Crippen LogP contribution in [0.25, 0.3) is 0 Å². The maximum Gasteiger partial charge on any atom is 0.270 e. The van der Waals surface area contributed by atoms with Crippen LogP contribution in [-0.4, -0.2) is 23.5 Å². The van der Waals surface area contributed by atoms with Gasteiger partial charge in [0.15, 0.2) is 0 Å². The molecule has 0 radical (unpaired) electrons. The maximum atomic E-state index is 11.9. The van der Waals surface area contributed by atoms with Gasteiger partial charge in [-0.2, -0.15) is 0 Å². The highest BCUT2D eigenvalue weighted by Crippen LogP contribution is 2.18. The van der Waals surface area contributed by atoms with Crippen LogP contribution in [0.2, 0.25) is 0 Å². The summed E-state index contributed by atoms with van der Waals surface area (Å²) in [6.07, 6.45) is -0.143. The van der Waals surface area contributed by atoms with Crippen molar-refractivity contribution in [2.75, 3.05) is 6.54 Å². The number of ether oxygens (including phenoxy) is 1. The molecule has 0 aliphatic carbocycles. The average Bonchev–Trinajstić information content (AvgIpc) is 2.94. The maximum absolute atomic E-state index is 11.9. The number of carbonyl (C=O) groups excluding carboxylic acids is 1. The van der Waals surface area contributed by atoms with E-state index in [0.717, 1.165) is 15.2 Å². The van der Waals surface area contributed by atoms with Gasteiger partial charge < -0.3 is 15.8 Å². The Bertz CT molecular complexity index is 624. The molecular formula is C14H17BrClN3O2S. The molecule has 0 aliphatic heterocycles. The Morgan fingerprint density at radius 3 is 2.95 bits per heavy atom. The fourth-order valence-electron chi connectivity index (χ4n) is 1.65. The van der Waals surface area contributed by atoms with Gasteiger partial charge in [-0.25, -0.2) is 4.98 Å². The number of nitrogens with zero attached hydrogens (tertiary/aromatic N) is 1. The SMILES string of the molecule is CC(CNC(=O)c1csc(CN)n1)Oc1cccc(Br)c1.Cl. The highest BCUT2D eigenvalue weighted by Gasteiger charge is 2.12. The minimum atomic E-state index is -0.212. The second-order valence-electron chi connectivity index (χ2n) is 4.43. The first-order valence-electron chi connectivity index (χ1n) is 6.43. The zero-order valence-electron chi connectivity index (χ0n) is 11.9. The van der Waals surface area contributed by atoms with E-state index < -0.39 is 0 Å². The fourth-order valence-corrected chi connectivity index (χ4v) is 2.68. The minimum absolute atomic E-state index is 0. The molecule has 0 saturated carbocycles. The van der Waals surface area contributed by atoms with E-state index in [1.807, 2.05) is 31.2 Å². The van der Waals surface area contributed by atoms with E-state index in [4.69, 9.17) is 10.5 Å². The van der Waals surface area contributed by atoms with Crippen LogP contribution in [0.15, 0.2) is 34.1 Å². The van der Waals surface area contributed by atoms with Crippen LogP contribution in [0.3, 0.4) is 0 Å². The molecule has 2 aromatic rings. The molecule has 0 aliphatic rings. The second-order valence-corrected chi connectivity index (χ2v) is 6.28. The average molecular weight is 407 g/mol. The van der Waals surface area contributed by atoms with Gasteiger partial charge >= 0.3 is 0 Å². The van der Waals surface area contributed by atoms with E-state index in [9.17, 15) is 4.79 Å². The summed E-state index contributed by atoms with van der Waals surface area (Å²) in [6.45, 7) is 2.65. The van der Waals surface area contributed by atoms with Gasteiger partial charge in [0.2, 0.25) is 0 Å². The summed E-state index contributed by atoms with van der Waals surface area (Å²) in [5.41, 5.74) is 5.87. The number of thiazole rings is 1. The van der Waals surface area contributed by atoms with Gasteiger partial charge in [0.25, 0.3) is 5.91 Å². The van der Waals surface area contributed by atoms with Crippen molar-refractivity contribution in [2.24, 2.45) is 5.73 Å². The van der Waals surface area contributed by atoms with E-state index in [2.05, 4.69) is 26.2 Å². The minimum Gasteiger partial charge on any atom is -0.489 e. The highest BCUT2D eigenvalue weighted by molar-refractivity contribution is 9.10. The first-order valence-corrected chi connectivity index (χ1v) is 8.10. The number of nitrogens with two attached hydrogens (primary N) is 1. The molecule has 8 heteroatoms. The Labute approximate surface area is 147 Å². The topological polar surface area (TPSA) is 77.2 Å². The van der Waals surface area contributed by atoms with Gasteiger partial charge in [0.1, 0.15) is 22.6 Å². The molecule has 0 saturated heterocycles. The summed E-state index contributed by atoms with van der Waals surface area (Å²) in [6, 6.07) is 7.58. The number of rotatable bonds is 6. The lowest BCUT2D eigenvalue weighted by atomic mass is 10.3. The lowest BCUT2D eigenvalue weighted by Crippen LogP contribution is -2.33. The molecule has 1 atom stereocenters. The molecule has 3 N–H and O–H groups in total. The zero-order valence-corrected chi connectivity index (χ0v) is 15.1. The Morgan fingerprint density at radius 1 is 1.55 bits per heavy atom. The van der Waals surface area contributed by atoms with Gasteiger partial charge in [0, 0.05) is 16.4 Å². The van der Waals surface area contributed by atoms with Crippen molar-refractivity contribution in [2.45, 2.75) is 19.6 Å². The molecule has 1 heterocycles. The normalized spacial score (nSPS) is 11.4. The van der Waals surface area contributed by atoms with Crippen molar-refractivity contribution in [3.63, 3.8) is 0 Å². The number of halogens is 2. The van der Waals surface area contributed by atoms with Crippen LogP contribution in [-0.2, 0) is 6.54 Å². The Kier molecular flexibility index (Phi) is 7.81. The van der Waals surface area contributed by atoms with Crippen molar-refractivity contribution in [3.05, 3.63) is 44.8 Å². The number of hydrogen-bond acceptors (Lipinski definition) is 5. The van der Waals surface area contributed by atoms with Crippen molar-refractivity contribution in [1.29, 1.82) is 0 Å². The molecule has 2 rings (SSSR count). The first-order chi connectivity index (χ1) is 10.1. The van der Waals surface area contributed by atoms with Crippen molar-refractivity contribution in [1.82, 2.24) is 10.3 Å². The summed E-state index contributed by atoms with van der Waals surface area (Å²) < 4.78 is 6.68. The van der Waals surface area contributed by atoms with E-state index in [1.54, 1.807) is 5.38 Å². The van der Waals surface area contributed by atoms with E-state index in [0.29, 0.717) is 18.8 Å². The van der Waals surface area contributed by atoms with Gasteiger partial charge in [-0.15, -0.1) is 23.7 Å². The standard InChI is InChI=1S/C14H16BrN3O2S.ClH/c1-9(20-11-4-2-3-10(15)5-11)7-17-14(19)12-8-21-13(6-16)18-12;/h2-5,8-9H,6-7,16H2,1H3,(H,17,19);1H. The number of carbonyl (C=O) groups is 1. The third-order valence-electron chi connectivity index (χ3n) is 2.64. The predicted octanol–water partition coefficient (Wildman–Crippen LogP) is 2.98. The van der Waals surface area contributed by atoms with E-state index in [-0.39, 0.29) is 24.4 Å². The molecule has 1 amide bonds. The smallest absolute Gasteiger partial charge is 0.270 e. The summed E-state index contributed by atoms with van der Waals surface area (Å²) in [5.74, 6) is 0.542. The van der Waals surface area contributed by atoms with Crippen LogP contribution in [0.4, 0.5) is 0 Å². The number of hydrogen-bond donors (Lipinski definition) is 2. The van der Waals surface area contributed by atoms with Gasteiger partial charge in [0.05, 0.1) is 6.54 Å². The van der Waals surface area contributed by atoms with Crippen LogP contribution >= 0.6 is 39.7 Å². The molecule has 0 spiro atoms. The molecule has 1 unspecified atom stereocenters.